The number of benzene rings is 2. The Hall–Kier alpha value is -2.76. The smallest absolute Gasteiger partial charge is 0.432 e. The molecule has 0 aromatic heterocycles. The maximum Gasteiger partial charge on any atom is 0.458 e. The topological polar surface area (TPSA) is 9.23 Å². The summed E-state index contributed by atoms with van der Waals surface area (Å²) in [6.07, 6.45) is -0.554. The molecule has 0 heterocycles. The van der Waals surface area contributed by atoms with Crippen molar-refractivity contribution in [1.29, 1.82) is 0 Å². The maximum atomic E-state index is 14.9. The Morgan fingerprint density at radius 2 is 1.57 bits per heavy atom. The largest absolute Gasteiger partial charge is 0.458 e. The second kappa shape index (κ2) is 9.71. The third-order valence-electron chi connectivity index (χ3n) is 6.69. The van der Waals surface area contributed by atoms with Crippen LogP contribution in [0.2, 0.25) is 0 Å². The fraction of sp³-hybridized carbons (Fsp3) is 0.462. The molecule has 0 atom stereocenters. The highest BCUT2D eigenvalue weighted by atomic mass is 19.4. The number of halogens is 8. The molecule has 0 amide bonds. The van der Waals surface area contributed by atoms with Crippen LogP contribution in [0.25, 0.3) is 10.8 Å². The Balaban J connectivity index is 1.54. The number of hydrogen-bond donors (Lipinski definition) is 0. The van der Waals surface area contributed by atoms with E-state index in [2.05, 4.69) is 6.08 Å². The van der Waals surface area contributed by atoms with Crippen molar-refractivity contribution in [3.63, 3.8) is 0 Å². The Labute approximate surface area is 197 Å². The van der Waals surface area contributed by atoms with Gasteiger partial charge in [-0.2, -0.15) is 22.0 Å². The molecule has 35 heavy (non-hydrogen) atoms. The molecular weight excluding hydrogens is 480 g/mol. The lowest BCUT2D eigenvalue weighted by Crippen LogP contribution is -2.37. The van der Waals surface area contributed by atoms with Crippen molar-refractivity contribution in [3.8, 4) is 17.6 Å². The predicted octanol–water partition coefficient (Wildman–Crippen LogP) is 8.45. The van der Waals surface area contributed by atoms with Gasteiger partial charge in [-0.3, -0.25) is 0 Å². The quantitative estimate of drug-likeness (QED) is 0.232. The van der Waals surface area contributed by atoms with Crippen LogP contribution in [0.1, 0.15) is 56.9 Å². The van der Waals surface area contributed by atoms with Crippen LogP contribution < -0.4 is 4.74 Å². The van der Waals surface area contributed by atoms with E-state index in [1.54, 1.807) is 0 Å². The fourth-order valence-corrected chi connectivity index (χ4v) is 4.97. The lowest BCUT2D eigenvalue weighted by molar-refractivity contribution is -0.223. The van der Waals surface area contributed by atoms with Gasteiger partial charge in [0.2, 0.25) is 0 Å². The molecule has 1 fully saturated rings. The van der Waals surface area contributed by atoms with Crippen molar-refractivity contribution in [2.45, 2.75) is 63.7 Å². The van der Waals surface area contributed by atoms with Crippen molar-refractivity contribution in [2.24, 2.45) is 11.8 Å². The minimum atomic E-state index is -5.01. The van der Waals surface area contributed by atoms with E-state index in [1.807, 2.05) is 0 Å². The molecule has 188 valence electrons. The van der Waals surface area contributed by atoms with Crippen molar-refractivity contribution >= 4 is 10.8 Å². The predicted molar refractivity (Wildman–Crippen MR) is 114 cm³/mol. The molecular formula is C26H22F8O. The van der Waals surface area contributed by atoms with E-state index in [4.69, 9.17) is 4.74 Å². The minimum Gasteiger partial charge on any atom is -0.432 e. The first kappa shape index (κ1) is 25.3. The summed E-state index contributed by atoms with van der Waals surface area (Å²) in [5.74, 6) is -3.93. The van der Waals surface area contributed by atoms with Crippen LogP contribution in [0.15, 0.2) is 29.8 Å². The molecule has 0 N–H and O–H groups in total. The first-order chi connectivity index (χ1) is 16.4. The van der Waals surface area contributed by atoms with E-state index in [-0.39, 0.29) is 18.8 Å². The van der Waals surface area contributed by atoms with E-state index in [0.29, 0.717) is 25.0 Å². The number of rotatable bonds is 4. The lowest BCUT2D eigenvalue weighted by Gasteiger charge is -2.35. The zero-order chi connectivity index (χ0) is 25.4. The standard InChI is InChI=1S/C26H22F8O/c27-21-13-17-12-19(14-22(28)23(17)24(29)20(21)10-11-25(30,31)32)35-26(33,34)18-8-6-16(7-9-18)15-4-2-1-3-5-15/h4,12-14,16,18H,1-3,5-9H2. The van der Waals surface area contributed by atoms with E-state index in [9.17, 15) is 35.1 Å². The van der Waals surface area contributed by atoms with Gasteiger partial charge in [-0.15, -0.1) is 0 Å². The van der Waals surface area contributed by atoms with Gasteiger partial charge in [0.05, 0.1) is 16.9 Å². The van der Waals surface area contributed by atoms with E-state index in [0.717, 1.165) is 37.7 Å². The van der Waals surface area contributed by atoms with Gasteiger partial charge in [0.15, 0.2) is 5.82 Å². The second-order valence-electron chi connectivity index (χ2n) is 9.04. The summed E-state index contributed by atoms with van der Waals surface area (Å²) >= 11 is 0. The van der Waals surface area contributed by atoms with Gasteiger partial charge >= 0.3 is 12.3 Å². The molecule has 0 saturated heterocycles. The number of hydrogen-bond acceptors (Lipinski definition) is 1. The number of fused-ring (bicyclic) bond motifs is 1. The van der Waals surface area contributed by atoms with E-state index >= 15 is 0 Å². The SMILES string of the molecule is Fc1cc2cc(OC(F)(F)C3CCC(C4=CCCCC4)CC3)cc(F)c2c(F)c1C#CC(F)(F)F. The molecule has 9 heteroatoms. The van der Waals surface area contributed by atoms with Crippen molar-refractivity contribution in [2.75, 3.05) is 0 Å². The number of alkyl halides is 5. The Bertz CT molecular complexity index is 1190. The summed E-state index contributed by atoms with van der Waals surface area (Å²) in [7, 11) is 0. The van der Waals surface area contributed by atoms with E-state index < -0.39 is 57.7 Å². The Morgan fingerprint density at radius 1 is 0.857 bits per heavy atom. The highest BCUT2D eigenvalue weighted by Crippen LogP contribution is 2.44. The summed E-state index contributed by atoms with van der Waals surface area (Å²) in [4.78, 5) is 0. The van der Waals surface area contributed by atoms with Crippen LogP contribution >= 0.6 is 0 Å². The summed E-state index contributed by atoms with van der Waals surface area (Å²) in [5.41, 5.74) is 0.0662. The van der Waals surface area contributed by atoms with Crippen LogP contribution in [0.4, 0.5) is 35.1 Å². The monoisotopic (exact) mass is 502 g/mol. The average Bonchev–Trinajstić information content (AvgIpc) is 2.78. The lowest BCUT2D eigenvalue weighted by atomic mass is 9.75. The van der Waals surface area contributed by atoms with Crippen LogP contribution in [0, 0.1) is 41.1 Å². The Morgan fingerprint density at radius 3 is 2.20 bits per heavy atom. The van der Waals surface area contributed by atoms with Crippen LogP contribution in [0.5, 0.6) is 5.75 Å². The zero-order valence-electron chi connectivity index (χ0n) is 18.6. The first-order valence-corrected chi connectivity index (χ1v) is 11.4. The molecule has 0 unspecified atom stereocenters. The van der Waals surface area contributed by atoms with Crippen LogP contribution in [-0.2, 0) is 0 Å². The van der Waals surface area contributed by atoms with Crippen molar-refractivity contribution < 1.29 is 39.9 Å². The van der Waals surface area contributed by atoms with Gasteiger partial charge in [0.1, 0.15) is 17.4 Å². The fourth-order valence-electron chi connectivity index (χ4n) is 4.97. The number of allylic oxidation sites excluding steroid dienone is 2. The zero-order valence-corrected chi connectivity index (χ0v) is 18.6. The molecule has 1 nitrogen and oxygen atoms in total. The van der Waals surface area contributed by atoms with Crippen LogP contribution in [-0.4, -0.2) is 12.3 Å². The molecule has 2 aliphatic carbocycles. The normalized spacial score (nSPS) is 21.3. The molecule has 1 saturated carbocycles. The summed E-state index contributed by atoms with van der Waals surface area (Å²) in [5, 5.41) is -1.34. The molecule has 2 aromatic rings. The summed E-state index contributed by atoms with van der Waals surface area (Å²) in [6, 6.07) is 1.88. The highest BCUT2D eigenvalue weighted by molar-refractivity contribution is 5.87. The molecule has 0 bridgehead atoms. The molecule has 2 aromatic carbocycles. The van der Waals surface area contributed by atoms with Gasteiger partial charge < -0.3 is 4.74 Å². The maximum absolute atomic E-state index is 14.9. The molecule has 0 aliphatic heterocycles. The van der Waals surface area contributed by atoms with Crippen molar-refractivity contribution in [1.82, 2.24) is 0 Å². The third-order valence-corrected chi connectivity index (χ3v) is 6.69. The van der Waals surface area contributed by atoms with Gasteiger partial charge in [-0.1, -0.05) is 17.6 Å². The van der Waals surface area contributed by atoms with Gasteiger partial charge in [0, 0.05) is 12.0 Å². The third kappa shape index (κ3) is 5.74. The van der Waals surface area contributed by atoms with Gasteiger partial charge in [-0.05, 0) is 74.8 Å². The van der Waals surface area contributed by atoms with Gasteiger partial charge in [-0.25, -0.2) is 13.2 Å². The Kier molecular flexibility index (Phi) is 7.03. The van der Waals surface area contributed by atoms with Crippen LogP contribution in [0.3, 0.4) is 0 Å². The summed E-state index contributed by atoms with van der Waals surface area (Å²) in [6.45, 7) is 0. The molecule has 0 radical (unpaired) electrons. The molecule has 2 aliphatic rings. The van der Waals surface area contributed by atoms with E-state index in [1.165, 1.54) is 11.5 Å². The molecule has 0 spiro atoms. The van der Waals surface area contributed by atoms with Gasteiger partial charge in [0.25, 0.3) is 0 Å². The number of ether oxygens (including phenoxy) is 1. The highest BCUT2D eigenvalue weighted by Gasteiger charge is 2.44. The second-order valence-corrected chi connectivity index (χ2v) is 9.04. The summed E-state index contributed by atoms with van der Waals surface area (Å²) < 4.78 is 115. The first-order valence-electron chi connectivity index (χ1n) is 11.4. The molecule has 4 rings (SSSR count). The average molecular weight is 502 g/mol. The van der Waals surface area contributed by atoms with Crippen molar-refractivity contribution in [3.05, 3.63) is 52.9 Å². The minimum absolute atomic E-state index is 0.218.